The number of hydrogen-bond acceptors (Lipinski definition) is 5. The topological polar surface area (TPSA) is 85.5 Å². The van der Waals surface area contributed by atoms with E-state index in [9.17, 15) is 10.1 Å². The first-order valence-corrected chi connectivity index (χ1v) is 5.78. The van der Waals surface area contributed by atoms with Gasteiger partial charge in [-0.3, -0.25) is 15.0 Å². The first kappa shape index (κ1) is 12.1. The number of nitro groups is 1. The molecule has 1 aromatic rings. The van der Waals surface area contributed by atoms with Gasteiger partial charge in [-0.15, -0.1) is 0 Å². The summed E-state index contributed by atoms with van der Waals surface area (Å²) in [4.78, 5) is 12.2. The van der Waals surface area contributed by atoms with Gasteiger partial charge in [-0.1, -0.05) is 0 Å². The molecule has 1 aromatic heterocycles. The number of nitrogens with two attached hydrogens (primary N) is 1. The molecule has 0 amide bonds. The van der Waals surface area contributed by atoms with E-state index in [1.807, 2.05) is 7.05 Å². The van der Waals surface area contributed by atoms with Gasteiger partial charge in [-0.05, 0) is 45.0 Å². The maximum absolute atomic E-state index is 10.6. The quantitative estimate of drug-likeness (QED) is 0.638. The average molecular weight is 239 g/mol. The Balaban J connectivity index is 2.25. The first-order valence-electron chi connectivity index (χ1n) is 5.78. The first-order chi connectivity index (χ1) is 8.13. The Hall–Kier alpha value is -1.40. The lowest BCUT2D eigenvalue weighted by atomic mass is 9.88. The summed E-state index contributed by atoms with van der Waals surface area (Å²) < 4.78 is 5.29. The molecule has 1 aliphatic rings. The van der Waals surface area contributed by atoms with Gasteiger partial charge in [0, 0.05) is 0 Å². The summed E-state index contributed by atoms with van der Waals surface area (Å²) in [5, 5.41) is 10.6. The Labute approximate surface area is 99.5 Å². The predicted octanol–water partition coefficient (Wildman–Crippen LogP) is 1.53. The van der Waals surface area contributed by atoms with E-state index in [0.29, 0.717) is 18.2 Å². The molecule has 0 spiro atoms. The summed E-state index contributed by atoms with van der Waals surface area (Å²) in [5.74, 6) is 0.753. The molecule has 2 N–H and O–H groups in total. The number of rotatable bonds is 3. The monoisotopic (exact) mass is 239 g/mol. The average Bonchev–Trinajstić information content (AvgIpc) is 2.77. The molecule has 0 saturated carbocycles. The highest BCUT2D eigenvalue weighted by Crippen LogP contribution is 2.36. The van der Waals surface area contributed by atoms with Gasteiger partial charge in [-0.2, -0.15) is 0 Å². The zero-order valence-electron chi connectivity index (χ0n) is 9.83. The smallest absolute Gasteiger partial charge is 0.404 e. The molecule has 1 aliphatic heterocycles. The molecule has 6 heteroatoms. The molecule has 2 heterocycles. The van der Waals surface area contributed by atoms with Crippen LogP contribution in [-0.2, 0) is 0 Å². The summed E-state index contributed by atoms with van der Waals surface area (Å²) in [6.45, 7) is 1.54. The lowest BCUT2D eigenvalue weighted by molar-refractivity contribution is -0.402. The van der Waals surface area contributed by atoms with Crippen molar-refractivity contribution in [3.05, 3.63) is 28.0 Å². The van der Waals surface area contributed by atoms with Gasteiger partial charge in [-0.25, -0.2) is 0 Å². The van der Waals surface area contributed by atoms with E-state index in [4.69, 9.17) is 10.2 Å². The van der Waals surface area contributed by atoms with E-state index >= 15 is 0 Å². The van der Waals surface area contributed by atoms with Gasteiger partial charge < -0.3 is 10.2 Å². The van der Waals surface area contributed by atoms with E-state index in [1.165, 1.54) is 6.07 Å². The van der Waals surface area contributed by atoms with Gasteiger partial charge in [0.1, 0.15) is 10.7 Å². The van der Waals surface area contributed by atoms with Crippen LogP contribution in [0.5, 0.6) is 0 Å². The van der Waals surface area contributed by atoms with Crippen LogP contribution >= 0.6 is 0 Å². The predicted molar refractivity (Wildman–Crippen MR) is 62.5 cm³/mol. The Morgan fingerprint density at radius 3 is 3.00 bits per heavy atom. The molecule has 0 aliphatic carbocycles. The molecular formula is C11H17N3O3. The van der Waals surface area contributed by atoms with Crippen LogP contribution in [0.15, 0.2) is 16.5 Å². The zero-order chi connectivity index (χ0) is 12.4. The highest BCUT2D eigenvalue weighted by molar-refractivity contribution is 5.20. The molecule has 17 heavy (non-hydrogen) atoms. The van der Waals surface area contributed by atoms with Crippen LogP contribution in [0.3, 0.4) is 0 Å². The Morgan fingerprint density at radius 2 is 2.41 bits per heavy atom. The van der Waals surface area contributed by atoms with Crippen molar-refractivity contribution in [1.82, 2.24) is 4.90 Å². The summed E-state index contributed by atoms with van der Waals surface area (Å²) >= 11 is 0. The van der Waals surface area contributed by atoms with Crippen molar-refractivity contribution in [3.63, 3.8) is 0 Å². The molecular weight excluding hydrogens is 222 g/mol. The van der Waals surface area contributed by atoms with Crippen LogP contribution in [0, 0.1) is 16.0 Å². The van der Waals surface area contributed by atoms with Crippen LogP contribution < -0.4 is 5.73 Å². The van der Waals surface area contributed by atoms with E-state index < -0.39 is 4.92 Å². The van der Waals surface area contributed by atoms with Crippen LogP contribution in [0.2, 0.25) is 0 Å². The van der Waals surface area contributed by atoms with E-state index in [0.717, 1.165) is 19.4 Å². The second-order valence-corrected chi connectivity index (χ2v) is 4.50. The third-order valence-electron chi connectivity index (χ3n) is 3.39. The number of piperidine rings is 1. The van der Waals surface area contributed by atoms with Crippen LogP contribution in [0.4, 0.5) is 5.88 Å². The molecule has 2 unspecified atom stereocenters. The standard InChI is InChI=1S/C11H17N3O3/c1-13-6-2-3-8(7-12)11(13)9-4-5-10(17-9)14(15)16/h4-5,8,11H,2-3,6-7,12H2,1H3. The van der Waals surface area contributed by atoms with Crippen molar-refractivity contribution in [3.8, 4) is 0 Å². The highest BCUT2D eigenvalue weighted by Gasteiger charge is 2.32. The summed E-state index contributed by atoms with van der Waals surface area (Å²) in [6.07, 6.45) is 2.15. The minimum absolute atomic E-state index is 0.0578. The largest absolute Gasteiger partial charge is 0.433 e. The molecule has 0 aromatic carbocycles. The second kappa shape index (κ2) is 4.85. The fourth-order valence-corrected chi connectivity index (χ4v) is 2.56. The SMILES string of the molecule is CN1CCCC(CN)C1c1ccc([N+](=O)[O-])o1. The minimum Gasteiger partial charge on any atom is -0.404 e. The number of nitrogens with zero attached hydrogens (tertiary/aromatic N) is 2. The van der Waals surface area contributed by atoms with Gasteiger partial charge in [0.2, 0.25) is 0 Å². The normalized spacial score (nSPS) is 26.0. The third kappa shape index (κ3) is 2.32. The number of hydrogen-bond donors (Lipinski definition) is 1. The zero-order valence-corrected chi connectivity index (χ0v) is 9.83. The van der Waals surface area contributed by atoms with E-state index in [2.05, 4.69) is 4.90 Å². The molecule has 2 rings (SSSR count). The van der Waals surface area contributed by atoms with Crippen LogP contribution in [-0.4, -0.2) is 30.0 Å². The minimum atomic E-state index is -0.510. The van der Waals surface area contributed by atoms with Gasteiger partial charge in [0.15, 0.2) is 0 Å². The third-order valence-corrected chi connectivity index (χ3v) is 3.39. The van der Waals surface area contributed by atoms with Crippen molar-refractivity contribution in [1.29, 1.82) is 0 Å². The second-order valence-electron chi connectivity index (χ2n) is 4.50. The van der Waals surface area contributed by atoms with E-state index in [1.54, 1.807) is 6.07 Å². The molecule has 1 fully saturated rings. The summed E-state index contributed by atoms with van der Waals surface area (Å²) in [5.41, 5.74) is 5.76. The lowest BCUT2D eigenvalue weighted by Crippen LogP contribution is -2.39. The van der Waals surface area contributed by atoms with E-state index in [-0.39, 0.29) is 11.9 Å². The molecule has 94 valence electrons. The molecule has 0 radical (unpaired) electrons. The van der Waals surface area contributed by atoms with Crippen molar-refractivity contribution in [2.75, 3.05) is 20.1 Å². The molecule has 2 atom stereocenters. The van der Waals surface area contributed by atoms with Crippen LogP contribution in [0.25, 0.3) is 0 Å². The van der Waals surface area contributed by atoms with Crippen molar-refractivity contribution in [2.24, 2.45) is 11.7 Å². The summed E-state index contributed by atoms with van der Waals surface area (Å²) in [7, 11) is 2.00. The van der Waals surface area contributed by atoms with Crippen LogP contribution in [0.1, 0.15) is 24.6 Å². The molecule has 6 nitrogen and oxygen atoms in total. The number of likely N-dealkylation sites (tertiary alicyclic amines) is 1. The van der Waals surface area contributed by atoms with Crippen molar-refractivity contribution >= 4 is 5.88 Å². The Morgan fingerprint density at radius 1 is 1.65 bits per heavy atom. The molecule has 1 saturated heterocycles. The highest BCUT2D eigenvalue weighted by atomic mass is 16.6. The fourth-order valence-electron chi connectivity index (χ4n) is 2.56. The lowest BCUT2D eigenvalue weighted by Gasteiger charge is -2.37. The Bertz CT molecular complexity index is 404. The molecule has 0 bridgehead atoms. The van der Waals surface area contributed by atoms with Gasteiger partial charge in [0.05, 0.1) is 12.1 Å². The maximum Gasteiger partial charge on any atom is 0.433 e. The van der Waals surface area contributed by atoms with Gasteiger partial charge >= 0.3 is 5.88 Å². The summed E-state index contributed by atoms with van der Waals surface area (Å²) in [6, 6.07) is 3.15. The Kier molecular flexibility index (Phi) is 3.44. The van der Waals surface area contributed by atoms with Crippen molar-refractivity contribution in [2.45, 2.75) is 18.9 Å². The maximum atomic E-state index is 10.6. The van der Waals surface area contributed by atoms with Gasteiger partial charge in [0.25, 0.3) is 0 Å². The van der Waals surface area contributed by atoms with Crippen molar-refractivity contribution < 1.29 is 9.34 Å². The number of furan rings is 1. The fraction of sp³-hybridized carbons (Fsp3) is 0.636.